The Balaban J connectivity index is 4.43. The van der Waals surface area contributed by atoms with Crippen molar-refractivity contribution in [2.75, 3.05) is 0 Å². The van der Waals surface area contributed by atoms with Gasteiger partial charge >= 0.3 is 0 Å². The molecule has 0 aromatic rings. The van der Waals surface area contributed by atoms with Crippen LogP contribution in [0.3, 0.4) is 0 Å². The first-order valence-electron chi connectivity index (χ1n) is 2.56. The summed E-state index contributed by atoms with van der Waals surface area (Å²) in [5.41, 5.74) is 10.4. The molecule has 56 valence electrons. The van der Waals surface area contributed by atoms with E-state index >= 15 is 0 Å². The molecular formula is C5H8N2OS2. The van der Waals surface area contributed by atoms with Crippen molar-refractivity contribution < 1.29 is 4.79 Å². The minimum absolute atomic E-state index is 0.0417. The van der Waals surface area contributed by atoms with Crippen LogP contribution in [-0.4, -0.2) is 15.8 Å². The molecule has 0 fully saturated rings. The van der Waals surface area contributed by atoms with Gasteiger partial charge in [-0.3, -0.25) is 4.79 Å². The number of ketones is 1. The third-order valence-electron chi connectivity index (χ3n) is 0.976. The topological polar surface area (TPSA) is 69.1 Å². The van der Waals surface area contributed by atoms with Gasteiger partial charge in [-0.2, -0.15) is 0 Å². The number of carbonyl (C=O) groups is 1. The molecule has 0 bridgehead atoms. The molecule has 0 amide bonds. The number of Topliss-reactive ketones (excluding diaryl/α,β-unsaturated/α-hetero) is 1. The molecule has 3 nitrogen and oxygen atoms in total. The lowest BCUT2D eigenvalue weighted by Crippen LogP contribution is -2.37. The van der Waals surface area contributed by atoms with Crippen LogP contribution in [0.2, 0.25) is 0 Å². The van der Waals surface area contributed by atoms with Crippen LogP contribution in [0, 0.1) is 5.92 Å². The van der Waals surface area contributed by atoms with E-state index in [9.17, 15) is 4.79 Å². The fraction of sp³-hybridized carbons (Fsp3) is 0.400. The van der Waals surface area contributed by atoms with Gasteiger partial charge in [0.15, 0.2) is 0 Å². The van der Waals surface area contributed by atoms with Gasteiger partial charge in [0.05, 0.1) is 9.98 Å². The van der Waals surface area contributed by atoms with Gasteiger partial charge in [0, 0.05) is 0 Å². The number of carbonyl (C=O) groups excluding carboxylic acids is 1. The summed E-state index contributed by atoms with van der Waals surface area (Å²) in [5, 5.41) is 0. The molecule has 0 aliphatic rings. The Labute approximate surface area is 69.8 Å². The molecule has 0 atom stereocenters. The average Bonchev–Trinajstić information content (AvgIpc) is 1.59. The predicted octanol–water partition coefficient (Wildman–Crippen LogP) is -0.236. The first-order valence-corrected chi connectivity index (χ1v) is 3.37. The number of nitrogens with two attached hydrogens (primary N) is 2. The highest BCUT2D eigenvalue weighted by atomic mass is 32.1. The lowest BCUT2D eigenvalue weighted by Gasteiger charge is -2.08. The summed E-state index contributed by atoms with van der Waals surface area (Å²) in [6.07, 6.45) is 0. The fourth-order valence-corrected chi connectivity index (χ4v) is 1.20. The van der Waals surface area contributed by atoms with Gasteiger partial charge in [0.2, 0.25) is 0 Å². The Kier molecular flexibility index (Phi) is 3.38. The lowest BCUT2D eigenvalue weighted by atomic mass is 10.1. The lowest BCUT2D eigenvalue weighted by molar-refractivity contribution is -0.117. The van der Waals surface area contributed by atoms with Gasteiger partial charge in [-0.05, 0) is 6.92 Å². The van der Waals surface area contributed by atoms with Crippen molar-refractivity contribution in [2.45, 2.75) is 6.92 Å². The molecule has 0 spiro atoms. The van der Waals surface area contributed by atoms with Crippen molar-refractivity contribution in [3.05, 3.63) is 0 Å². The zero-order valence-corrected chi connectivity index (χ0v) is 7.09. The van der Waals surface area contributed by atoms with Crippen LogP contribution in [0.25, 0.3) is 0 Å². The molecule has 0 saturated carbocycles. The van der Waals surface area contributed by atoms with E-state index < -0.39 is 5.92 Å². The zero-order valence-electron chi connectivity index (χ0n) is 5.46. The van der Waals surface area contributed by atoms with E-state index in [0.717, 1.165) is 0 Å². The number of hydrogen-bond donors (Lipinski definition) is 2. The maximum absolute atomic E-state index is 10.7. The maximum Gasteiger partial charge on any atom is 0.146 e. The summed E-state index contributed by atoms with van der Waals surface area (Å²) < 4.78 is 0. The van der Waals surface area contributed by atoms with Crippen LogP contribution in [-0.2, 0) is 4.79 Å². The van der Waals surface area contributed by atoms with Crippen LogP contribution >= 0.6 is 24.4 Å². The molecule has 5 heteroatoms. The molecular weight excluding hydrogens is 168 g/mol. The number of hydrogen-bond acceptors (Lipinski definition) is 3. The van der Waals surface area contributed by atoms with Crippen LogP contribution in [0.1, 0.15) is 6.92 Å². The Bertz CT molecular complexity index is 157. The molecule has 0 radical (unpaired) electrons. The second-order valence-electron chi connectivity index (χ2n) is 1.85. The van der Waals surface area contributed by atoms with Crippen molar-refractivity contribution in [2.24, 2.45) is 17.4 Å². The van der Waals surface area contributed by atoms with Gasteiger partial charge in [0.25, 0.3) is 0 Å². The Morgan fingerprint density at radius 3 is 1.60 bits per heavy atom. The summed E-state index contributed by atoms with van der Waals surface area (Å²) in [5.74, 6) is -0.940. The van der Waals surface area contributed by atoms with Crippen molar-refractivity contribution in [1.29, 1.82) is 0 Å². The molecule has 0 aliphatic heterocycles. The summed E-state index contributed by atoms with van der Waals surface area (Å²) in [6.45, 7) is 1.35. The highest BCUT2D eigenvalue weighted by molar-refractivity contribution is 7.82. The van der Waals surface area contributed by atoms with E-state index in [1.165, 1.54) is 6.92 Å². The van der Waals surface area contributed by atoms with Crippen LogP contribution in [0.15, 0.2) is 0 Å². The normalized spacial score (nSPS) is 9.40. The summed E-state index contributed by atoms with van der Waals surface area (Å²) in [7, 11) is 0. The van der Waals surface area contributed by atoms with Gasteiger partial charge < -0.3 is 11.5 Å². The van der Waals surface area contributed by atoms with Crippen LogP contribution in [0.5, 0.6) is 0 Å². The second-order valence-corrected chi connectivity index (χ2v) is 2.79. The van der Waals surface area contributed by atoms with E-state index in [1.54, 1.807) is 0 Å². The highest BCUT2D eigenvalue weighted by Gasteiger charge is 2.19. The Morgan fingerprint density at radius 2 is 1.60 bits per heavy atom. The quantitative estimate of drug-likeness (QED) is 0.581. The first-order chi connectivity index (χ1) is 4.46. The molecule has 0 unspecified atom stereocenters. The first kappa shape index (κ1) is 9.45. The van der Waals surface area contributed by atoms with Crippen molar-refractivity contribution in [3.8, 4) is 0 Å². The van der Waals surface area contributed by atoms with Gasteiger partial charge in [0.1, 0.15) is 11.7 Å². The average molecular weight is 176 g/mol. The van der Waals surface area contributed by atoms with Gasteiger partial charge in [-0.1, -0.05) is 24.4 Å². The van der Waals surface area contributed by atoms with E-state index in [2.05, 4.69) is 24.4 Å². The SMILES string of the molecule is CC(=O)C(C(N)=S)C(N)=S. The fourth-order valence-electron chi connectivity index (χ4n) is 0.541. The molecule has 0 saturated heterocycles. The minimum Gasteiger partial charge on any atom is -0.392 e. The molecule has 4 N–H and O–H groups in total. The zero-order chi connectivity index (χ0) is 8.31. The molecule has 0 aromatic carbocycles. The standard InChI is InChI=1S/C5H8N2OS2/c1-2(8)3(4(6)9)5(7)10/h3H,1H3,(H2,6,9)(H2,7,10). The Hall–Kier alpha value is -0.550. The summed E-state index contributed by atoms with van der Waals surface area (Å²) in [4.78, 5) is 10.8. The van der Waals surface area contributed by atoms with E-state index in [0.29, 0.717) is 0 Å². The van der Waals surface area contributed by atoms with Gasteiger partial charge in [-0.15, -0.1) is 0 Å². The maximum atomic E-state index is 10.7. The largest absolute Gasteiger partial charge is 0.392 e. The molecule has 0 aliphatic carbocycles. The van der Waals surface area contributed by atoms with Gasteiger partial charge in [-0.25, -0.2) is 0 Å². The van der Waals surface area contributed by atoms with E-state index in [-0.39, 0.29) is 15.8 Å². The molecule has 0 aromatic heterocycles. The smallest absolute Gasteiger partial charge is 0.146 e. The van der Waals surface area contributed by atoms with Crippen LogP contribution in [0.4, 0.5) is 0 Å². The molecule has 10 heavy (non-hydrogen) atoms. The Morgan fingerprint density at radius 1 is 1.30 bits per heavy atom. The molecule has 0 heterocycles. The predicted molar refractivity (Wildman–Crippen MR) is 47.7 cm³/mol. The monoisotopic (exact) mass is 176 g/mol. The minimum atomic E-state index is -0.731. The van der Waals surface area contributed by atoms with Crippen molar-refractivity contribution in [3.63, 3.8) is 0 Å². The van der Waals surface area contributed by atoms with E-state index in [4.69, 9.17) is 11.5 Å². The van der Waals surface area contributed by atoms with Crippen molar-refractivity contribution in [1.82, 2.24) is 0 Å². The highest BCUT2D eigenvalue weighted by Crippen LogP contribution is 1.98. The third-order valence-corrected chi connectivity index (χ3v) is 1.45. The summed E-state index contributed by atoms with van der Waals surface area (Å²) in [6, 6.07) is 0. The second kappa shape index (κ2) is 3.58. The van der Waals surface area contributed by atoms with Crippen LogP contribution < -0.4 is 11.5 Å². The molecule has 0 rings (SSSR count). The van der Waals surface area contributed by atoms with E-state index in [1.807, 2.05) is 0 Å². The number of rotatable bonds is 3. The number of thiocarbonyl (C=S) groups is 2. The third kappa shape index (κ3) is 2.36. The van der Waals surface area contributed by atoms with Crippen molar-refractivity contribution >= 4 is 40.2 Å². The summed E-state index contributed by atoms with van der Waals surface area (Å²) >= 11 is 9.12.